The second kappa shape index (κ2) is 5.39. The molecular weight excluding hydrogens is 342 g/mol. The minimum atomic E-state index is 0.0392. The number of carbonyl (C=O) groups excluding carboxylic acids is 1. The van der Waals surface area contributed by atoms with Gasteiger partial charge in [-0.1, -0.05) is 11.6 Å². The third-order valence-corrected chi connectivity index (χ3v) is 4.76. The van der Waals surface area contributed by atoms with Crippen LogP contribution in [-0.2, 0) is 0 Å². The summed E-state index contributed by atoms with van der Waals surface area (Å²) in [6.07, 6.45) is 0. The fourth-order valence-electron chi connectivity index (χ4n) is 2.45. The van der Waals surface area contributed by atoms with Crippen molar-refractivity contribution in [2.24, 2.45) is 0 Å². The Balaban J connectivity index is 1.93. The smallest absolute Gasteiger partial charge is 0.271 e. The molecule has 1 N–H and O–H groups in total. The summed E-state index contributed by atoms with van der Waals surface area (Å²) < 4.78 is 0.791. The van der Waals surface area contributed by atoms with Crippen molar-refractivity contribution in [3.8, 4) is 0 Å². The van der Waals surface area contributed by atoms with Gasteiger partial charge in [-0.15, -0.1) is 0 Å². The maximum Gasteiger partial charge on any atom is 0.271 e. The lowest BCUT2D eigenvalue weighted by Crippen LogP contribution is -2.47. The molecule has 106 valence electrons. The Hall–Kier alpha value is -1.04. The number of rotatable bonds is 1. The Morgan fingerprint density at radius 3 is 2.70 bits per heavy atom. The normalized spacial score (nSPS) is 16.9. The van der Waals surface area contributed by atoms with Crippen LogP contribution >= 0.6 is 27.5 Å². The van der Waals surface area contributed by atoms with Crippen LogP contribution in [0.5, 0.6) is 0 Å². The lowest BCUT2D eigenvalue weighted by Gasteiger charge is -2.32. The Bertz CT molecular complexity index is 662. The van der Waals surface area contributed by atoms with Crippen molar-refractivity contribution in [1.29, 1.82) is 0 Å². The SMILES string of the molecule is CN1CCN(C(=O)c2[nH]c3ccc(Cl)cc3c2Br)CC1. The van der Waals surface area contributed by atoms with Gasteiger partial charge >= 0.3 is 0 Å². The third kappa shape index (κ3) is 2.45. The molecule has 1 aromatic carbocycles. The van der Waals surface area contributed by atoms with Crippen LogP contribution in [0.1, 0.15) is 10.5 Å². The Morgan fingerprint density at radius 1 is 1.30 bits per heavy atom. The number of amides is 1. The van der Waals surface area contributed by atoms with E-state index < -0.39 is 0 Å². The van der Waals surface area contributed by atoms with Gasteiger partial charge in [0, 0.05) is 42.1 Å². The molecule has 1 aromatic heterocycles. The number of hydrogen-bond donors (Lipinski definition) is 1. The van der Waals surface area contributed by atoms with E-state index in [1.54, 1.807) is 0 Å². The lowest BCUT2D eigenvalue weighted by molar-refractivity contribution is 0.0658. The van der Waals surface area contributed by atoms with Gasteiger partial charge in [0.25, 0.3) is 5.91 Å². The van der Waals surface area contributed by atoms with Gasteiger partial charge in [0.1, 0.15) is 5.69 Å². The van der Waals surface area contributed by atoms with Crippen LogP contribution in [0.15, 0.2) is 22.7 Å². The van der Waals surface area contributed by atoms with E-state index in [0.717, 1.165) is 41.6 Å². The van der Waals surface area contributed by atoms with Crippen LogP contribution in [0.4, 0.5) is 0 Å². The maximum atomic E-state index is 12.6. The highest BCUT2D eigenvalue weighted by Crippen LogP contribution is 2.30. The monoisotopic (exact) mass is 355 g/mol. The first kappa shape index (κ1) is 13.9. The van der Waals surface area contributed by atoms with Crippen molar-refractivity contribution in [1.82, 2.24) is 14.8 Å². The van der Waals surface area contributed by atoms with Crippen molar-refractivity contribution in [2.75, 3.05) is 33.2 Å². The van der Waals surface area contributed by atoms with Gasteiger partial charge < -0.3 is 14.8 Å². The van der Waals surface area contributed by atoms with Crippen LogP contribution in [0.3, 0.4) is 0 Å². The Kier molecular flexibility index (Phi) is 3.75. The number of likely N-dealkylation sites (N-methyl/N-ethyl adjacent to an activating group) is 1. The number of fused-ring (bicyclic) bond motifs is 1. The van der Waals surface area contributed by atoms with E-state index in [1.165, 1.54) is 0 Å². The highest BCUT2D eigenvalue weighted by Gasteiger charge is 2.24. The summed E-state index contributed by atoms with van der Waals surface area (Å²) >= 11 is 9.53. The molecule has 0 unspecified atom stereocenters. The van der Waals surface area contributed by atoms with Crippen LogP contribution in [-0.4, -0.2) is 53.9 Å². The van der Waals surface area contributed by atoms with Gasteiger partial charge in [0.15, 0.2) is 0 Å². The molecule has 0 spiro atoms. The molecule has 0 bridgehead atoms. The van der Waals surface area contributed by atoms with E-state index in [2.05, 4.69) is 32.9 Å². The second-order valence-electron chi connectivity index (χ2n) is 5.10. The summed E-state index contributed by atoms with van der Waals surface area (Å²) in [4.78, 5) is 19.9. The van der Waals surface area contributed by atoms with Crippen LogP contribution in [0, 0.1) is 0 Å². The summed E-state index contributed by atoms with van der Waals surface area (Å²) in [5.41, 5.74) is 1.52. The minimum Gasteiger partial charge on any atom is -0.350 e. The van der Waals surface area contributed by atoms with Crippen molar-refractivity contribution in [3.63, 3.8) is 0 Å². The van der Waals surface area contributed by atoms with E-state index in [0.29, 0.717) is 10.7 Å². The van der Waals surface area contributed by atoms with Gasteiger partial charge in [-0.25, -0.2) is 0 Å². The molecule has 3 rings (SSSR count). The average molecular weight is 357 g/mol. The van der Waals surface area contributed by atoms with Crippen molar-refractivity contribution < 1.29 is 4.79 Å². The first-order valence-corrected chi connectivity index (χ1v) is 7.68. The molecule has 2 heterocycles. The largest absolute Gasteiger partial charge is 0.350 e. The fourth-order valence-corrected chi connectivity index (χ4v) is 3.22. The molecule has 0 aliphatic carbocycles. The molecule has 4 nitrogen and oxygen atoms in total. The summed E-state index contributed by atoms with van der Waals surface area (Å²) in [6.45, 7) is 3.35. The summed E-state index contributed by atoms with van der Waals surface area (Å²) in [5, 5.41) is 1.60. The molecule has 6 heteroatoms. The van der Waals surface area contributed by atoms with Crippen molar-refractivity contribution in [2.45, 2.75) is 0 Å². The number of H-pyrrole nitrogens is 1. The number of carbonyl (C=O) groups is 1. The van der Waals surface area contributed by atoms with E-state index in [-0.39, 0.29) is 5.91 Å². The molecule has 0 radical (unpaired) electrons. The van der Waals surface area contributed by atoms with Crippen molar-refractivity contribution in [3.05, 3.63) is 33.4 Å². The van der Waals surface area contributed by atoms with Gasteiger partial charge in [0.05, 0.1) is 4.47 Å². The van der Waals surface area contributed by atoms with Gasteiger partial charge in [-0.3, -0.25) is 4.79 Å². The van der Waals surface area contributed by atoms with E-state index in [4.69, 9.17) is 11.6 Å². The quantitative estimate of drug-likeness (QED) is 0.853. The fraction of sp³-hybridized carbons (Fsp3) is 0.357. The van der Waals surface area contributed by atoms with Crippen LogP contribution in [0.2, 0.25) is 5.02 Å². The van der Waals surface area contributed by atoms with Crippen LogP contribution in [0.25, 0.3) is 10.9 Å². The highest BCUT2D eigenvalue weighted by atomic mass is 79.9. The predicted octanol–water partition coefficient (Wildman–Crippen LogP) is 2.97. The zero-order valence-corrected chi connectivity index (χ0v) is 13.5. The van der Waals surface area contributed by atoms with Crippen molar-refractivity contribution >= 4 is 44.3 Å². The molecule has 1 aliphatic heterocycles. The van der Waals surface area contributed by atoms with E-state index in [9.17, 15) is 4.79 Å². The lowest BCUT2D eigenvalue weighted by atomic mass is 10.2. The van der Waals surface area contributed by atoms with Gasteiger partial charge in [0.2, 0.25) is 0 Å². The number of aromatic nitrogens is 1. The molecule has 1 saturated heterocycles. The van der Waals surface area contributed by atoms with E-state index >= 15 is 0 Å². The number of piperazine rings is 1. The number of halogens is 2. The third-order valence-electron chi connectivity index (χ3n) is 3.70. The molecule has 1 amide bonds. The molecule has 0 atom stereocenters. The minimum absolute atomic E-state index is 0.0392. The molecule has 0 saturated carbocycles. The first-order valence-electron chi connectivity index (χ1n) is 6.51. The highest BCUT2D eigenvalue weighted by molar-refractivity contribution is 9.10. The number of nitrogens with one attached hydrogen (secondary N) is 1. The number of hydrogen-bond acceptors (Lipinski definition) is 2. The Labute approximate surface area is 130 Å². The summed E-state index contributed by atoms with van der Waals surface area (Å²) in [6, 6.07) is 5.57. The standard InChI is InChI=1S/C14H15BrClN3O/c1-18-4-6-19(7-5-18)14(20)13-12(15)10-8-9(16)2-3-11(10)17-13/h2-3,8,17H,4-7H2,1H3. The van der Waals surface area contributed by atoms with E-state index in [1.807, 2.05) is 23.1 Å². The maximum absolute atomic E-state index is 12.6. The number of benzene rings is 1. The molecule has 1 fully saturated rings. The summed E-state index contributed by atoms with van der Waals surface area (Å²) in [7, 11) is 2.07. The van der Waals surface area contributed by atoms with Gasteiger partial charge in [-0.2, -0.15) is 0 Å². The Morgan fingerprint density at radius 2 is 2.00 bits per heavy atom. The number of nitrogens with zero attached hydrogens (tertiary/aromatic N) is 2. The molecular formula is C14H15BrClN3O. The average Bonchev–Trinajstić information content (AvgIpc) is 2.76. The molecule has 1 aliphatic rings. The number of aromatic amines is 1. The zero-order chi connectivity index (χ0) is 14.3. The first-order chi connectivity index (χ1) is 9.56. The van der Waals surface area contributed by atoms with Crippen LogP contribution < -0.4 is 0 Å². The predicted molar refractivity (Wildman–Crippen MR) is 84.4 cm³/mol. The van der Waals surface area contributed by atoms with Gasteiger partial charge in [-0.05, 0) is 41.2 Å². The second-order valence-corrected chi connectivity index (χ2v) is 6.33. The summed E-state index contributed by atoms with van der Waals surface area (Å²) in [5.74, 6) is 0.0392. The zero-order valence-electron chi connectivity index (χ0n) is 11.1. The molecule has 20 heavy (non-hydrogen) atoms. The molecule has 2 aromatic rings. The topological polar surface area (TPSA) is 39.3 Å².